The van der Waals surface area contributed by atoms with Gasteiger partial charge in [0.2, 0.25) is 0 Å². The number of nitrogens with zero attached hydrogens (tertiary/aromatic N) is 8. The Morgan fingerprint density at radius 3 is 1.35 bits per heavy atom. The van der Waals surface area contributed by atoms with E-state index in [-0.39, 0.29) is 74.1 Å². The number of rotatable bonds is 28. The quantitative estimate of drug-likeness (QED) is 0.0103. The number of hydrogen-bond donors (Lipinski definition) is 3. The maximum atomic E-state index is 13.0. The van der Waals surface area contributed by atoms with E-state index in [1.165, 1.54) is 0 Å². The Bertz CT molecular complexity index is 3160. The number of esters is 2. The summed E-state index contributed by atoms with van der Waals surface area (Å²) in [6.07, 6.45) is 1.35. The standard InChI is InChI=1S/C33H38N4O6.C20H25NO3.C17H23N3O3S/c1-24-30(35-36-34)29(20-28(31(24)38)23-42-32(39)27-16-9-4-10-17-27)41-19-11-18-37(21-25-12-5-2-6-13-25)33(40)43-22-26-14-7-3-8-15-26;22-15-9-3-8-14-21(16-18-10-4-1-5-11-18)20(23)24-17-19-12-6-2-7-13-19;1-3-24-14-9-13(16(21)11(2)15(14)19-20-18)10-23-17(22)12-7-5-4-6-8-12/h2-10,12-17,24,28-31,38H,11,18-23H2,1H3;1-2,4-7,10-13,22H,3,8-9,14-17H2;4-8,11,13-16,21H,3,9-10H2,1-2H3/t24-,28?,29?,30?,31+;;11-,13?,14-,15?,16+/m1.1/s1. The van der Waals surface area contributed by atoms with Crippen LogP contribution in [0.15, 0.2) is 192 Å². The SMILES string of the molecule is CCS[C@@H]1CC(COC(=O)c2ccccc2)[C@@H](O)[C@H](C)C1N=[N+]=[N-].C[C@@H]1C(N=[N+]=[N-])C(OCCCN(Cc2ccccc2)C(=O)OCc2ccccc2)CC(COC(=O)c2ccccc2)[C@H]1O.O=C(OCc1ccccc1)N(CCCCCO)Cc1ccccc1. The fourth-order valence-electron chi connectivity index (χ4n) is 10.9. The Hall–Kier alpha value is -8.39. The molecule has 10 atom stereocenters. The minimum absolute atomic E-state index is 0.0141. The molecule has 20 nitrogen and oxygen atoms in total. The highest BCUT2D eigenvalue weighted by molar-refractivity contribution is 7.99. The number of hydrogen-bond acceptors (Lipinski definition) is 15. The summed E-state index contributed by atoms with van der Waals surface area (Å²) >= 11 is 1.72. The Labute approximate surface area is 538 Å². The molecule has 91 heavy (non-hydrogen) atoms. The van der Waals surface area contributed by atoms with Gasteiger partial charge in [0.1, 0.15) is 13.2 Å². The number of azide groups is 2. The molecule has 6 aromatic carbocycles. The zero-order valence-electron chi connectivity index (χ0n) is 52.1. The van der Waals surface area contributed by atoms with Crippen molar-refractivity contribution in [2.45, 2.75) is 121 Å². The van der Waals surface area contributed by atoms with Gasteiger partial charge in [0.25, 0.3) is 0 Å². The molecule has 0 heterocycles. The van der Waals surface area contributed by atoms with E-state index < -0.39 is 42.3 Å². The second-order valence-corrected chi connectivity index (χ2v) is 24.0. The van der Waals surface area contributed by atoms with E-state index in [1.807, 2.05) is 140 Å². The monoisotopic (exact) mass is 1260 g/mol. The molecule has 0 spiro atoms. The molecule has 2 amide bonds. The van der Waals surface area contributed by atoms with Crippen LogP contribution in [0.5, 0.6) is 0 Å². The summed E-state index contributed by atoms with van der Waals surface area (Å²) in [5.41, 5.74) is 22.8. The number of amides is 2. The Balaban J connectivity index is 0.000000234. The zero-order valence-corrected chi connectivity index (χ0v) is 52.9. The van der Waals surface area contributed by atoms with Gasteiger partial charge in [0.15, 0.2) is 0 Å². The smallest absolute Gasteiger partial charge is 0.410 e. The van der Waals surface area contributed by atoms with Crippen LogP contribution in [0.25, 0.3) is 20.9 Å². The predicted molar refractivity (Wildman–Crippen MR) is 350 cm³/mol. The second kappa shape index (κ2) is 40.4. The molecule has 0 radical (unpaired) electrons. The Morgan fingerprint density at radius 2 is 0.923 bits per heavy atom. The summed E-state index contributed by atoms with van der Waals surface area (Å²) in [7, 11) is 0. The highest BCUT2D eigenvalue weighted by Crippen LogP contribution is 2.39. The number of carbonyl (C=O) groups excluding carboxylic acids is 4. The molecule has 6 aromatic rings. The number of thioether (sulfide) groups is 1. The van der Waals surface area contributed by atoms with Crippen LogP contribution in [0.1, 0.15) is 102 Å². The molecule has 0 aromatic heterocycles. The van der Waals surface area contributed by atoms with Crippen LogP contribution in [0.4, 0.5) is 9.59 Å². The molecule has 2 fully saturated rings. The van der Waals surface area contributed by atoms with Crippen LogP contribution in [0.2, 0.25) is 0 Å². The van der Waals surface area contributed by atoms with Gasteiger partial charge in [0.05, 0.1) is 54.7 Å². The molecule has 2 aliphatic rings. The summed E-state index contributed by atoms with van der Waals surface area (Å²) < 4.78 is 28.2. The molecule has 8 rings (SSSR count). The van der Waals surface area contributed by atoms with Crippen molar-refractivity contribution in [3.63, 3.8) is 0 Å². The highest BCUT2D eigenvalue weighted by Gasteiger charge is 2.44. The van der Waals surface area contributed by atoms with Gasteiger partial charge < -0.3 is 48.8 Å². The van der Waals surface area contributed by atoms with Crippen LogP contribution in [-0.2, 0) is 50.0 Å². The number of aliphatic hydroxyl groups excluding tert-OH is 3. The van der Waals surface area contributed by atoms with Crippen molar-refractivity contribution in [3.05, 3.63) is 236 Å². The number of carbonyl (C=O) groups is 4. The third kappa shape index (κ3) is 24.4. The molecular weight excluding hydrogens is 1180 g/mol. The van der Waals surface area contributed by atoms with Crippen LogP contribution < -0.4 is 0 Å². The van der Waals surface area contributed by atoms with Gasteiger partial charge >= 0.3 is 24.1 Å². The van der Waals surface area contributed by atoms with E-state index in [2.05, 4.69) is 27.0 Å². The van der Waals surface area contributed by atoms with Crippen LogP contribution in [0.3, 0.4) is 0 Å². The normalized spacial score (nSPS) is 20.6. The molecular formula is C70H86N8O12S. The fourth-order valence-corrected chi connectivity index (χ4v) is 12.2. The van der Waals surface area contributed by atoms with Crippen molar-refractivity contribution in [2.24, 2.45) is 33.9 Å². The first kappa shape index (κ1) is 71.7. The first-order chi connectivity index (χ1) is 44.3. The minimum atomic E-state index is -0.834. The average molecular weight is 1260 g/mol. The molecule has 0 saturated heterocycles. The first-order valence-corrected chi connectivity index (χ1v) is 32.1. The largest absolute Gasteiger partial charge is 0.462 e. The summed E-state index contributed by atoms with van der Waals surface area (Å²) in [6, 6.07) is 55.4. The van der Waals surface area contributed by atoms with E-state index in [0.29, 0.717) is 63.2 Å². The lowest BCUT2D eigenvalue weighted by molar-refractivity contribution is -0.0886. The number of benzene rings is 6. The first-order valence-electron chi connectivity index (χ1n) is 31.1. The Morgan fingerprint density at radius 1 is 0.527 bits per heavy atom. The molecule has 2 aliphatic carbocycles. The van der Waals surface area contributed by atoms with Gasteiger partial charge in [-0.1, -0.05) is 189 Å². The molecule has 484 valence electrons. The van der Waals surface area contributed by atoms with E-state index in [1.54, 1.807) is 77.0 Å². The third-order valence-corrected chi connectivity index (χ3v) is 17.2. The maximum Gasteiger partial charge on any atom is 0.410 e. The van der Waals surface area contributed by atoms with Gasteiger partial charge in [-0.05, 0) is 114 Å². The summed E-state index contributed by atoms with van der Waals surface area (Å²) in [4.78, 5) is 59.3. The number of ether oxygens (including phenoxy) is 5. The van der Waals surface area contributed by atoms with E-state index in [0.717, 1.165) is 47.3 Å². The molecule has 21 heteroatoms. The minimum Gasteiger partial charge on any atom is -0.462 e. The van der Waals surface area contributed by atoms with Crippen molar-refractivity contribution in [1.29, 1.82) is 0 Å². The van der Waals surface area contributed by atoms with E-state index in [4.69, 9.17) is 34.3 Å². The lowest BCUT2D eigenvalue weighted by Gasteiger charge is -2.41. The molecule has 2 saturated carbocycles. The Kier molecular flexibility index (Phi) is 31.8. The van der Waals surface area contributed by atoms with Crippen LogP contribution in [-0.4, -0.2) is 130 Å². The van der Waals surface area contributed by atoms with E-state index in [9.17, 15) is 34.9 Å². The third-order valence-electron chi connectivity index (χ3n) is 15.9. The van der Waals surface area contributed by atoms with Crippen LogP contribution >= 0.6 is 11.8 Å². The fraction of sp³-hybridized carbons (Fsp3) is 0.429. The average Bonchev–Trinajstić information content (AvgIpc) is 0.945. The van der Waals surface area contributed by atoms with Gasteiger partial charge in [-0.15, -0.1) is 0 Å². The lowest BCUT2D eigenvalue weighted by atomic mass is 9.75. The molecule has 0 bridgehead atoms. The molecule has 5 unspecified atom stereocenters. The lowest BCUT2D eigenvalue weighted by Crippen LogP contribution is -2.50. The van der Waals surface area contributed by atoms with Crippen molar-refractivity contribution in [2.75, 3.05) is 45.3 Å². The maximum absolute atomic E-state index is 13.0. The summed E-state index contributed by atoms with van der Waals surface area (Å²) in [5.74, 6) is -1.06. The summed E-state index contributed by atoms with van der Waals surface area (Å²) in [5, 5.41) is 38.3. The van der Waals surface area contributed by atoms with Crippen LogP contribution in [0, 0.1) is 23.7 Å². The molecule has 0 aliphatic heterocycles. The predicted octanol–water partition coefficient (Wildman–Crippen LogP) is 13.8. The second-order valence-electron chi connectivity index (χ2n) is 22.4. The summed E-state index contributed by atoms with van der Waals surface area (Å²) in [6.45, 7) is 8.80. The van der Waals surface area contributed by atoms with Gasteiger partial charge in [0, 0.05) is 66.3 Å². The topological polar surface area (TPSA) is 279 Å². The molecule has 3 N–H and O–H groups in total. The van der Waals surface area contributed by atoms with E-state index >= 15 is 0 Å². The van der Waals surface area contributed by atoms with Gasteiger partial charge in [-0.2, -0.15) is 11.8 Å². The van der Waals surface area contributed by atoms with Crippen molar-refractivity contribution >= 4 is 35.9 Å². The van der Waals surface area contributed by atoms with Crippen molar-refractivity contribution in [1.82, 2.24) is 9.80 Å². The zero-order chi connectivity index (χ0) is 65.0. The van der Waals surface area contributed by atoms with Gasteiger partial charge in [-0.25, -0.2) is 19.2 Å². The van der Waals surface area contributed by atoms with Crippen molar-refractivity contribution in [3.8, 4) is 0 Å². The number of unbranched alkanes of at least 4 members (excludes halogenated alkanes) is 2. The highest BCUT2D eigenvalue weighted by atomic mass is 32.2. The van der Waals surface area contributed by atoms with Gasteiger partial charge in [-0.3, -0.25) is 0 Å². The number of aliphatic hydroxyl groups is 3. The van der Waals surface area contributed by atoms with Crippen molar-refractivity contribution < 1.29 is 58.2 Å².